The van der Waals surface area contributed by atoms with E-state index in [1.54, 1.807) is 13.2 Å². The molecule has 3 aromatic rings. The van der Waals surface area contributed by atoms with Gasteiger partial charge in [-0.05, 0) is 66.4 Å². The summed E-state index contributed by atoms with van der Waals surface area (Å²) in [5.74, 6) is 0.988. The Bertz CT molecular complexity index is 1040. The number of hydrogen-bond donors (Lipinski definition) is 1. The highest BCUT2D eigenvalue weighted by Gasteiger charge is 2.14. The van der Waals surface area contributed by atoms with Gasteiger partial charge < -0.3 is 14.8 Å². The summed E-state index contributed by atoms with van der Waals surface area (Å²) in [4.78, 5) is 0. The quantitative estimate of drug-likeness (QED) is 0.386. The lowest BCUT2D eigenvalue weighted by molar-refractivity contribution is 0.281. The normalized spacial score (nSPS) is 10.5. The maximum absolute atomic E-state index is 13.5. The second-order valence-electron chi connectivity index (χ2n) is 7.01. The highest BCUT2D eigenvalue weighted by Crippen LogP contribution is 2.35. The Morgan fingerprint density at radius 3 is 2.67 bits per heavy atom. The molecule has 0 heterocycles. The molecule has 30 heavy (non-hydrogen) atoms. The summed E-state index contributed by atoms with van der Waals surface area (Å²) in [5, 5.41) is 4.11. The third-order valence-corrected chi connectivity index (χ3v) is 4.97. The molecule has 0 aromatic heterocycles. The van der Waals surface area contributed by atoms with Gasteiger partial charge in [-0.1, -0.05) is 35.9 Å². The predicted molar refractivity (Wildman–Crippen MR) is 121 cm³/mol. The zero-order valence-corrected chi connectivity index (χ0v) is 17.9. The van der Waals surface area contributed by atoms with Crippen molar-refractivity contribution < 1.29 is 13.9 Å². The summed E-state index contributed by atoms with van der Waals surface area (Å²) in [6, 6.07) is 16.2. The van der Waals surface area contributed by atoms with Gasteiger partial charge in [-0.15, -0.1) is 6.58 Å². The first-order chi connectivity index (χ1) is 14.5. The van der Waals surface area contributed by atoms with E-state index in [0.717, 1.165) is 27.9 Å². The van der Waals surface area contributed by atoms with E-state index in [4.69, 9.17) is 21.1 Å². The van der Waals surface area contributed by atoms with Gasteiger partial charge in [0.1, 0.15) is 12.4 Å². The molecule has 0 aliphatic carbocycles. The van der Waals surface area contributed by atoms with Crippen LogP contribution in [0.2, 0.25) is 5.02 Å². The number of ether oxygens (including phenoxy) is 2. The van der Waals surface area contributed by atoms with Crippen molar-refractivity contribution in [1.82, 2.24) is 0 Å². The van der Waals surface area contributed by atoms with Crippen LogP contribution < -0.4 is 14.8 Å². The standard InChI is InChI=1S/C25H25ClFNO2/c1-4-6-20-11-19(15-28-23-14-21(26)10-9-17(23)2)13-24(29-3)25(20)30-16-18-7-5-8-22(27)12-18/h4-5,7-14,28H,1,6,15-16H2,2-3H3. The molecule has 0 bridgehead atoms. The molecule has 3 aromatic carbocycles. The highest BCUT2D eigenvalue weighted by molar-refractivity contribution is 6.30. The van der Waals surface area contributed by atoms with Crippen molar-refractivity contribution in [3.8, 4) is 11.5 Å². The van der Waals surface area contributed by atoms with Crippen molar-refractivity contribution >= 4 is 17.3 Å². The zero-order chi connectivity index (χ0) is 21.5. The van der Waals surface area contributed by atoms with Crippen LogP contribution >= 0.6 is 11.6 Å². The summed E-state index contributed by atoms with van der Waals surface area (Å²) in [5.41, 5.74) is 4.86. The number of anilines is 1. The van der Waals surface area contributed by atoms with Crippen LogP contribution in [0.25, 0.3) is 0 Å². The monoisotopic (exact) mass is 425 g/mol. The first kappa shape index (κ1) is 21.7. The van der Waals surface area contributed by atoms with Crippen LogP contribution in [0.5, 0.6) is 11.5 Å². The van der Waals surface area contributed by atoms with Gasteiger partial charge in [-0.25, -0.2) is 4.39 Å². The molecule has 5 heteroatoms. The van der Waals surface area contributed by atoms with Crippen LogP contribution in [-0.4, -0.2) is 7.11 Å². The number of halogens is 2. The molecule has 0 spiro atoms. The summed E-state index contributed by atoms with van der Waals surface area (Å²) >= 11 is 6.12. The second kappa shape index (κ2) is 10.2. The smallest absolute Gasteiger partial charge is 0.165 e. The van der Waals surface area contributed by atoms with Crippen molar-refractivity contribution in [1.29, 1.82) is 0 Å². The van der Waals surface area contributed by atoms with E-state index in [2.05, 4.69) is 18.0 Å². The third kappa shape index (κ3) is 5.55. The molecule has 1 N–H and O–H groups in total. The van der Waals surface area contributed by atoms with Gasteiger partial charge >= 0.3 is 0 Å². The minimum absolute atomic E-state index is 0.248. The molecule has 0 saturated carbocycles. The van der Waals surface area contributed by atoms with Gasteiger partial charge in [0.25, 0.3) is 0 Å². The molecule has 0 atom stereocenters. The third-order valence-electron chi connectivity index (χ3n) is 4.73. The lowest BCUT2D eigenvalue weighted by Gasteiger charge is -2.17. The highest BCUT2D eigenvalue weighted by atomic mass is 35.5. The van der Waals surface area contributed by atoms with E-state index in [9.17, 15) is 4.39 Å². The van der Waals surface area contributed by atoms with Crippen molar-refractivity contribution in [2.75, 3.05) is 12.4 Å². The van der Waals surface area contributed by atoms with Crippen molar-refractivity contribution in [3.63, 3.8) is 0 Å². The maximum atomic E-state index is 13.5. The number of nitrogens with one attached hydrogen (secondary N) is 1. The van der Waals surface area contributed by atoms with E-state index in [1.165, 1.54) is 12.1 Å². The van der Waals surface area contributed by atoms with Gasteiger partial charge in [0.05, 0.1) is 7.11 Å². The van der Waals surface area contributed by atoms with E-state index >= 15 is 0 Å². The Morgan fingerprint density at radius 1 is 1.10 bits per heavy atom. The fourth-order valence-corrected chi connectivity index (χ4v) is 3.38. The molecule has 0 aliphatic heterocycles. The van der Waals surface area contributed by atoms with Crippen LogP contribution in [0, 0.1) is 12.7 Å². The van der Waals surface area contributed by atoms with Gasteiger partial charge in [-0.3, -0.25) is 0 Å². The molecule has 0 amide bonds. The second-order valence-corrected chi connectivity index (χ2v) is 7.45. The molecule has 156 valence electrons. The summed E-state index contributed by atoms with van der Waals surface area (Å²) in [6.45, 7) is 6.73. The Hall–Kier alpha value is -2.98. The van der Waals surface area contributed by atoms with Gasteiger partial charge in [0, 0.05) is 22.8 Å². The summed E-state index contributed by atoms with van der Waals surface area (Å²) < 4.78 is 25.1. The zero-order valence-electron chi connectivity index (χ0n) is 17.2. The molecule has 0 saturated heterocycles. The molecule has 3 nitrogen and oxygen atoms in total. The summed E-state index contributed by atoms with van der Waals surface area (Å²) in [6.07, 6.45) is 2.45. The number of allylic oxidation sites excluding steroid dienone is 1. The predicted octanol–water partition coefficient (Wildman–Crippen LogP) is 6.72. The number of benzene rings is 3. The Kier molecular flexibility index (Phi) is 7.36. The van der Waals surface area contributed by atoms with Crippen LogP contribution in [-0.2, 0) is 19.6 Å². The van der Waals surface area contributed by atoms with Crippen LogP contribution in [0.15, 0.2) is 67.3 Å². The molecule has 0 aliphatic rings. The fraction of sp³-hybridized carbons (Fsp3) is 0.200. The fourth-order valence-electron chi connectivity index (χ4n) is 3.21. The van der Waals surface area contributed by atoms with Gasteiger partial charge in [0.15, 0.2) is 11.5 Å². The number of rotatable bonds is 9. The molecule has 0 unspecified atom stereocenters. The number of hydrogen-bond acceptors (Lipinski definition) is 3. The van der Waals surface area contributed by atoms with Gasteiger partial charge in [0.2, 0.25) is 0 Å². The van der Waals surface area contributed by atoms with Crippen molar-refractivity contribution in [2.24, 2.45) is 0 Å². The number of aryl methyl sites for hydroxylation is 1. The Morgan fingerprint density at radius 2 is 1.93 bits per heavy atom. The first-order valence-electron chi connectivity index (χ1n) is 9.68. The van der Waals surface area contributed by atoms with E-state index in [-0.39, 0.29) is 12.4 Å². The van der Waals surface area contributed by atoms with Crippen molar-refractivity contribution in [2.45, 2.75) is 26.5 Å². The lowest BCUT2D eigenvalue weighted by atomic mass is 10.0. The average molecular weight is 426 g/mol. The maximum Gasteiger partial charge on any atom is 0.165 e. The molecule has 3 rings (SSSR count). The SMILES string of the molecule is C=CCc1cc(CNc2cc(Cl)ccc2C)cc(OC)c1OCc1cccc(F)c1. The summed E-state index contributed by atoms with van der Waals surface area (Å²) in [7, 11) is 1.61. The Labute approximate surface area is 182 Å². The van der Waals surface area contributed by atoms with Crippen LogP contribution in [0.4, 0.5) is 10.1 Å². The molecular weight excluding hydrogens is 401 g/mol. The number of methoxy groups -OCH3 is 1. The van der Waals surface area contributed by atoms with Crippen LogP contribution in [0.3, 0.4) is 0 Å². The lowest BCUT2D eigenvalue weighted by Crippen LogP contribution is -2.05. The van der Waals surface area contributed by atoms with E-state index < -0.39 is 0 Å². The van der Waals surface area contributed by atoms with Crippen molar-refractivity contribution in [3.05, 3.63) is 100 Å². The molecule has 0 radical (unpaired) electrons. The average Bonchev–Trinajstić information content (AvgIpc) is 2.73. The molecular formula is C25H25ClFNO2. The van der Waals surface area contributed by atoms with E-state index in [0.29, 0.717) is 29.5 Å². The van der Waals surface area contributed by atoms with Crippen LogP contribution in [0.1, 0.15) is 22.3 Å². The first-order valence-corrected chi connectivity index (χ1v) is 10.1. The van der Waals surface area contributed by atoms with E-state index in [1.807, 2.05) is 43.3 Å². The Balaban J connectivity index is 1.83. The largest absolute Gasteiger partial charge is 0.493 e. The topological polar surface area (TPSA) is 30.5 Å². The van der Waals surface area contributed by atoms with Gasteiger partial charge in [-0.2, -0.15) is 0 Å². The minimum Gasteiger partial charge on any atom is -0.493 e. The molecule has 0 fully saturated rings. The minimum atomic E-state index is -0.285.